The summed E-state index contributed by atoms with van der Waals surface area (Å²) in [5.74, 6) is -1.04. The van der Waals surface area contributed by atoms with Crippen LogP contribution in [0.15, 0.2) is 36.7 Å². The number of carbonyl (C=O) groups is 1. The second-order valence-corrected chi connectivity index (χ2v) is 4.31. The standard InChI is InChI=1S/C14H12N4O2/c1-2-9-8-16-18-12(14(19)20)7-11(17-13(9)18)10-5-3-4-6-15-10/h3-8H,2H2,1H3,(H,19,20). The largest absolute Gasteiger partial charge is 0.477 e. The topological polar surface area (TPSA) is 80.4 Å². The number of pyridine rings is 1. The van der Waals surface area contributed by atoms with Gasteiger partial charge in [0.1, 0.15) is 0 Å². The molecule has 0 unspecified atom stereocenters. The van der Waals surface area contributed by atoms with Crippen LogP contribution in [0, 0.1) is 0 Å². The van der Waals surface area contributed by atoms with Gasteiger partial charge in [-0.3, -0.25) is 4.98 Å². The van der Waals surface area contributed by atoms with Crippen molar-refractivity contribution in [2.24, 2.45) is 0 Å². The van der Waals surface area contributed by atoms with Crippen molar-refractivity contribution < 1.29 is 9.90 Å². The number of nitrogens with zero attached hydrogens (tertiary/aromatic N) is 4. The summed E-state index contributed by atoms with van der Waals surface area (Å²) in [5, 5.41) is 13.4. The zero-order chi connectivity index (χ0) is 14.1. The van der Waals surface area contributed by atoms with E-state index in [4.69, 9.17) is 0 Å². The number of aromatic carboxylic acids is 1. The summed E-state index contributed by atoms with van der Waals surface area (Å²) in [6.07, 6.45) is 4.04. The number of aromatic nitrogens is 4. The average molecular weight is 268 g/mol. The number of aryl methyl sites for hydroxylation is 1. The van der Waals surface area contributed by atoms with Crippen molar-refractivity contribution in [3.05, 3.63) is 47.9 Å². The lowest BCUT2D eigenvalue weighted by atomic mass is 10.2. The van der Waals surface area contributed by atoms with Crippen LogP contribution in [0.1, 0.15) is 23.0 Å². The Bertz CT molecular complexity index is 780. The molecule has 0 saturated heterocycles. The maximum absolute atomic E-state index is 11.4. The number of carboxylic acids is 1. The number of carboxylic acid groups (broad SMARTS) is 1. The van der Waals surface area contributed by atoms with Crippen LogP contribution in [0.5, 0.6) is 0 Å². The van der Waals surface area contributed by atoms with Gasteiger partial charge >= 0.3 is 5.97 Å². The van der Waals surface area contributed by atoms with Gasteiger partial charge in [0.15, 0.2) is 11.3 Å². The van der Waals surface area contributed by atoms with Gasteiger partial charge in [-0.05, 0) is 24.6 Å². The molecule has 3 aromatic rings. The van der Waals surface area contributed by atoms with E-state index in [1.54, 1.807) is 24.5 Å². The van der Waals surface area contributed by atoms with Crippen molar-refractivity contribution in [3.8, 4) is 11.4 Å². The molecule has 3 heterocycles. The van der Waals surface area contributed by atoms with Gasteiger partial charge < -0.3 is 5.11 Å². The summed E-state index contributed by atoms with van der Waals surface area (Å²) < 4.78 is 1.35. The number of hydrogen-bond acceptors (Lipinski definition) is 4. The van der Waals surface area contributed by atoms with Crippen LogP contribution in [0.4, 0.5) is 0 Å². The lowest BCUT2D eigenvalue weighted by molar-refractivity contribution is 0.0687. The highest BCUT2D eigenvalue weighted by molar-refractivity contribution is 5.88. The number of rotatable bonds is 3. The molecular weight excluding hydrogens is 256 g/mol. The van der Waals surface area contributed by atoms with Crippen LogP contribution in [0.25, 0.3) is 17.0 Å². The second-order valence-electron chi connectivity index (χ2n) is 4.31. The van der Waals surface area contributed by atoms with E-state index in [0.29, 0.717) is 17.0 Å². The molecule has 0 fully saturated rings. The van der Waals surface area contributed by atoms with Gasteiger partial charge in [0, 0.05) is 11.8 Å². The third-order valence-corrected chi connectivity index (χ3v) is 3.07. The van der Waals surface area contributed by atoms with Crippen LogP contribution in [0.2, 0.25) is 0 Å². The van der Waals surface area contributed by atoms with E-state index in [2.05, 4.69) is 15.1 Å². The van der Waals surface area contributed by atoms with Crippen molar-refractivity contribution in [2.45, 2.75) is 13.3 Å². The molecule has 0 aliphatic heterocycles. The molecule has 100 valence electrons. The number of hydrogen-bond donors (Lipinski definition) is 1. The van der Waals surface area contributed by atoms with Crippen molar-refractivity contribution in [1.29, 1.82) is 0 Å². The van der Waals surface area contributed by atoms with Crippen LogP contribution < -0.4 is 0 Å². The Morgan fingerprint density at radius 2 is 2.20 bits per heavy atom. The SMILES string of the molecule is CCc1cnn2c(C(=O)O)cc(-c3ccccn3)nc12. The highest BCUT2D eigenvalue weighted by Crippen LogP contribution is 2.19. The molecule has 0 spiro atoms. The van der Waals surface area contributed by atoms with Crippen molar-refractivity contribution in [2.75, 3.05) is 0 Å². The average Bonchev–Trinajstić information content (AvgIpc) is 2.89. The third-order valence-electron chi connectivity index (χ3n) is 3.07. The molecule has 6 heteroatoms. The number of fused-ring (bicyclic) bond motifs is 1. The molecule has 0 saturated carbocycles. The summed E-state index contributed by atoms with van der Waals surface area (Å²) in [5.41, 5.74) is 2.72. The van der Waals surface area contributed by atoms with Crippen LogP contribution >= 0.6 is 0 Å². The maximum Gasteiger partial charge on any atom is 0.354 e. The fourth-order valence-electron chi connectivity index (χ4n) is 2.06. The fourth-order valence-corrected chi connectivity index (χ4v) is 2.06. The van der Waals surface area contributed by atoms with Crippen molar-refractivity contribution >= 4 is 11.6 Å². The van der Waals surface area contributed by atoms with Crippen LogP contribution in [0.3, 0.4) is 0 Å². The molecule has 0 bridgehead atoms. The zero-order valence-electron chi connectivity index (χ0n) is 10.8. The minimum Gasteiger partial charge on any atom is -0.477 e. The molecule has 0 amide bonds. The molecule has 3 rings (SSSR count). The third kappa shape index (κ3) is 1.91. The van der Waals surface area contributed by atoms with Crippen molar-refractivity contribution in [3.63, 3.8) is 0 Å². The molecule has 1 N–H and O–H groups in total. The van der Waals surface area contributed by atoms with E-state index in [-0.39, 0.29) is 5.69 Å². The smallest absolute Gasteiger partial charge is 0.354 e. The Morgan fingerprint density at radius 1 is 1.35 bits per heavy atom. The summed E-state index contributed by atoms with van der Waals surface area (Å²) >= 11 is 0. The first-order valence-corrected chi connectivity index (χ1v) is 6.23. The fraction of sp³-hybridized carbons (Fsp3) is 0.143. The van der Waals surface area contributed by atoms with Crippen LogP contribution in [-0.4, -0.2) is 30.7 Å². The normalized spacial score (nSPS) is 10.8. The van der Waals surface area contributed by atoms with Gasteiger partial charge in [-0.1, -0.05) is 13.0 Å². The monoisotopic (exact) mass is 268 g/mol. The van der Waals surface area contributed by atoms with Gasteiger partial charge in [-0.15, -0.1) is 0 Å². The molecule has 6 nitrogen and oxygen atoms in total. The minimum atomic E-state index is -1.04. The predicted octanol–water partition coefficient (Wildman–Crippen LogP) is 2.05. The first-order chi connectivity index (χ1) is 9.70. The Labute approximate surface area is 114 Å². The predicted molar refractivity (Wildman–Crippen MR) is 72.6 cm³/mol. The second kappa shape index (κ2) is 4.73. The summed E-state index contributed by atoms with van der Waals surface area (Å²) in [7, 11) is 0. The molecule has 0 aliphatic rings. The van der Waals surface area contributed by atoms with E-state index >= 15 is 0 Å². The highest BCUT2D eigenvalue weighted by Gasteiger charge is 2.16. The molecule has 0 aromatic carbocycles. The van der Waals surface area contributed by atoms with Gasteiger partial charge in [-0.2, -0.15) is 5.10 Å². The first kappa shape index (κ1) is 12.3. The van der Waals surface area contributed by atoms with Crippen LogP contribution in [-0.2, 0) is 6.42 Å². The summed E-state index contributed by atoms with van der Waals surface area (Å²) in [6.45, 7) is 1.98. The maximum atomic E-state index is 11.4. The quantitative estimate of drug-likeness (QED) is 0.786. The van der Waals surface area contributed by atoms with Crippen molar-refractivity contribution in [1.82, 2.24) is 19.6 Å². The zero-order valence-corrected chi connectivity index (χ0v) is 10.8. The van der Waals surface area contributed by atoms with Gasteiger partial charge in [0.2, 0.25) is 0 Å². The molecule has 3 aromatic heterocycles. The molecule has 0 atom stereocenters. The van der Waals surface area contributed by atoms with E-state index in [0.717, 1.165) is 12.0 Å². The lowest BCUT2D eigenvalue weighted by Crippen LogP contribution is -2.08. The van der Waals surface area contributed by atoms with E-state index in [9.17, 15) is 9.90 Å². The van der Waals surface area contributed by atoms with Gasteiger partial charge in [0.05, 0.1) is 17.6 Å². The van der Waals surface area contributed by atoms with E-state index in [1.807, 2.05) is 13.0 Å². The van der Waals surface area contributed by atoms with Gasteiger partial charge in [0.25, 0.3) is 0 Å². The molecular formula is C14H12N4O2. The molecule has 0 aliphatic carbocycles. The van der Waals surface area contributed by atoms with Gasteiger partial charge in [-0.25, -0.2) is 14.3 Å². The van der Waals surface area contributed by atoms with E-state index < -0.39 is 5.97 Å². The minimum absolute atomic E-state index is 0.0790. The lowest BCUT2D eigenvalue weighted by Gasteiger charge is -2.05. The Morgan fingerprint density at radius 3 is 2.85 bits per heavy atom. The Kier molecular flexibility index (Phi) is 2.90. The Hall–Kier alpha value is -2.76. The Balaban J connectivity index is 2.31. The molecule has 0 radical (unpaired) electrons. The summed E-state index contributed by atoms with van der Waals surface area (Å²) in [4.78, 5) is 20.1. The van der Waals surface area contributed by atoms with E-state index in [1.165, 1.54) is 10.6 Å². The summed E-state index contributed by atoms with van der Waals surface area (Å²) in [6, 6.07) is 6.93. The molecule has 20 heavy (non-hydrogen) atoms. The first-order valence-electron chi connectivity index (χ1n) is 6.23. The highest BCUT2D eigenvalue weighted by atomic mass is 16.4.